The van der Waals surface area contributed by atoms with E-state index in [1.807, 2.05) is 6.07 Å². The fourth-order valence-corrected chi connectivity index (χ4v) is 3.01. The molecule has 0 saturated carbocycles. The monoisotopic (exact) mass is 380 g/mol. The van der Waals surface area contributed by atoms with Gasteiger partial charge < -0.3 is 5.73 Å². The van der Waals surface area contributed by atoms with E-state index in [2.05, 4.69) is 21.1 Å². The average molecular weight is 380 g/mol. The summed E-state index contributed by atoms with van der Waals surface area (Å²) in [6.07, 6.45) is 3.25. The van der Waals surface area contributed by atoms with E-state index in [-0.39, 0.29) is 11.7 Å². The van der Waals surface area contributed by atoms with Crippen LogP contribution in [0.15, 0.2) is 79.1 Å². The van der Waals surface area contributed by atoms with Crippen LogP contribution in [0, 0.1) is 11.3 Å². The van der Waals surface area contributed by atoms with Gasteiger partial charge in [-0.2, -0.15) is 9.94 Å². The SMILES string of the molecule is N#Cc1ccccc1C(N)c1nc(-c2ccncc2)nn1C(=O)c1ccccc1. The zero-order valence-corrected chi connectivity index (χ0v) is 15.3. The molecule has 0 aliphatic rings. The summed E-state index contributed by atoms with van der Waals surface area (Å²) in [5.74, 6) is 0.267. The number of nitrogens with zero attached hydrogens (tertiary/aromatic N) is 5. The van der Waals surface area contributed by atoms with Crippen LogP contribution in [0.1, 0.15) is 33.4 Å². The predicted molar refractivity (Wildman–Crippen MR) is 107 cm³/mol. The van der Waals surface area contributed by atoms with E-state index >= 15 is 0 Å². The lowest BCUT2D eigenvalue weighted by Crippen LogP contribution is -2.24. The van der Waals surface area contributed by atoms with Gasteiger partial charge in [-0.3, -0.25) is 9.78 Å². The summed E-state index contributed by atoms with van der Waals surface area (Å²) in [4.78, 5) is 21.7. The van der Waals surface area contributed by atoms with Crippen LogP contribution >= 0.6 is 0 Å². The van der Waals surface area contributed by atoms with Gasteiger partial charge in [0.05, 0.1) is 17.7 Å². The quantitative estimate of drug-likeness (QED) is 0.583. The average Bonchev–Trinajstić information content (AvgIpc) is 3.24. The third-order valence-electron chi connectivity index (χ3n) is 4.48. The highest BCUT2D eigenvalue weighted by Gasteiger charge is 2.25. The normalized spacial score (nSPS) is 11.6. The van der Waals surface area contributed by atoms with Gasteiger partial charge >= 0.3 is 0 Å². The molecule has 0 spiro atoms. The second kappa shape index (κ2) is 7.84. The van der Waals surface area contributed by atoms with E-state index in [9.17, 15) is 10.1 Å². The molecule has 0 aliphatic heterocycles. The fourth-order valence-electron chi connectivity index (χ4n) is 3.01. The zero-order chi connectivity index (χ0) is 20.2. The molecule has 2 aromatic heterocycles. The Balaban J connectivity index is 1.86. The van der Waals surface area contributed by atoms with E-state index in [0.29, 0.717) is 28.1 Å². The molecule has 4 rings (SSSR count). The first-order valence-electron chi connectivity index (χ1n) is 8.90. The van der Waals surface area contributed by atoms with Crippen LogP contribution < -0.4 is 5.73 Å². The van der Waals surface area contributed by atoms with E-state index in [1.165, 1.54) is 4.68 Å². The first-order valence-corrected chi connectivity index (χ1v) is 8.90. The Bertz CT molecular complexity index is 1190. The first-order chi connectivity index (χ1) is 14.2. The van der Waals surface area contributed by atoms with Crippen molar-refractivity contribution in [2.45, 2.75) is 6.04 Å². The smallest absolute Gasteiger partial charge is 0.279 e. The van der Waals surface area contributed by atoms with Crippen molar-refractivity contribution in [1.82, 2.24) is 19.7 Å². The number of nitriles is 1. The standard InChI is InChI=1S/C22H16N6O/c23-14-17-8-4-5-9-18(17)19(24)21-26-20(15-10-12-25-13-11-15)27-28(21)22(29)16-6-2-1-3-7-16/h1-13,19H,24H2. The Hall–Kier alpha value is -4.15. The van der Waals surface area contributed by atoms with Crippen molar-refractivity contribution in [2.24, 2.45) is 5.73 Å². The number of rotatable bonds is 4. The van der Waals surface area contributed by atoms with Crippen LogP contribution in [0.25, 0.3) is 11.4 Å². The lowest BCUT2D eigenvalue weighted by molar-refractivity contribution is 0.0940. The van der Waals surface area contributed by atoms with Gasteiger partial charge in [-0.25, -0.2) is 4.98 Å². The Kier molecular flexibility index (Phi) is 4.93. The van der Waals surface area contributed by atoms with Gasteiger partial charge in [0, 0.05) is 23.5 Å². The largest absolute Gasteiger partial charge is 0.318 e. The summed E-state index contributed by atoms with van der Waals surface area (Å²) in [5, 5.41) is 13.9. The van der Waals surface area contributed by atoms with Gasteiger partial charge in [0.1, 0.15) is 0 Å². The fraction of sp³-hybridized carbons (Fsp3) is 0.0455. The van der Waals surface area contributed by atoms with Gasteiger partial charge in [-0.15, -0.1) is 5.10 Å². The molecule has 2 N–H and O–H groups in total. The van der Waals surface area contributed by atoms with Crippen molar-refractivity contribution < 1.29 is 4.79 Å². The van der Waals surface area contributed by atoms with E-state index in [1.54, 1.807) is 73.1 Å². The topological polar surface area (TPSA) is 110 Å². The highest BCUT2D eigenvalue weighted by molar-refractivity contribution is 5.95. The molecular weight excluding hydrogens is 364 g/mol. The van der Waals surface area contributed by atoms with Crippen molar-refractivity contribution in [1.29, 1.82) is 5.26 Å². The molecule has 2 heterocycles. The lowest BCUT2D eigenvalue weighted by atomic mass is 10.0. The molecule has 0 fully saturated rings. The molecule has 1 unspecified atom stereocenters. The minimum absolute atomic E-state index is 0.258. The number of aromatic nitrogens is 4. The lowest BCUT2D eigenvalue weighted by Gasteiger charge is -2.13. The molecule has 29 heavy (non-hydrogen) atoms. The highest BCUT2D eigenvalue weighted by Crippen LogP contribution is 2.25. The Morgan fingerprint density at radius 2 is 1.69 bits per heavy atom. The third kappa shape index (κ3) is 3.52. The van der Waals surface area contributed by atoms with Crippen molar-refractivity contribution in [2.75, 3.05) is 0 Å². The zero-order valence-electron chi connectivity index (χ0n) is 15.3. The summed E-state index contributed by atoms with van der Waals surface area (Å²) in [6.45, 7) is 0. The molecule has 2 aromatic carbocycles. The van der Waals surface area contributed by atoms with E-state index < -0.39 is 6.04 Å². The van der Waals surface area contributed by atoms with Crippen LogP contribution in [-0.2, 0) is 0 Å². The molecule has 7 heteroatoms. The van der Waals surface area contributed by atoms with Crippen molar-refractivity contribution in [3.63, 3.8) is 0 Å². The number of carbonyl (C=O) groups is 1. The van der Waals surface area contributed by atoms with Crippen molar-refractivity contribution in [3.8, 4) is 17.5 Å². The second-order valence-electron chi connectivity index (χ2n) is 6.29. The number of carbonyl (C=O) groups excluding carboxylic acids is 1. The highest BCUT2D eigenvalue weighted by atomic mass is 16.2. The summed E-state index contributed by atoms with van der Waals surface area (Å²) < 4.78 is 1.21. The molecule has 1 atom stereocenters. The van der Waals surface area contributed by atoms with Crippen LogP contribution in [0.2, 0.25) is 0 Å². The van der Waals surface area contributed by atoms with Gasteiger partial charge in [0.15, 0.2) is 11.6 Å². The van der Waals surface area contributed by atoms with Crippen molar-refractivity contribution >= 4 is 5.91 Å². The number of pyridine rings is 1. The number of benzene rings is 2. The molecule has 0 radical (unpaired) electrons. The molecule has 0 amide bonds. The molecule has 140 valence electrons. The third-order valence-corrected chi connectivity index (χ3v) is 4.48. The van der Waals surface area contributed by atoms with Crippen LogP contribution in [-0.4, -0.2) is 25.7 Å². The minimum Gasteiger partial charge on any atom is -0.318 e. The molecule has 0 aliphatic carbocycles. The number of hydrogen-bond donors (Lipinski definition) is 1. The summed E-state index contributed by atoms with van der Waals surface area (Å²) in [7, 11) is 0. The molecule has 0 bridgehead atoms. The predicted octanol–water partition coefficient (Wildman–Crippen LogP) is 2.95. The Morgan fingerprint density at radius 1 is 1.00 bits per heavy atom. The first kappa shape index (κ1) is 18.2. The Morgan fingerprint density at radius 3 is 2.41 bits per heavy atom. The van der Waals surface area contributed by atoms with Crippen LogP contribution in [0.4, 0.5) is 0 Å². The van der Waals surface area contributed by atoms with Gasteiger partial charge in [0.25, 0.3) is 5.91 Å². The van der Waals surface area contributed by atoms with E-state index in [0.717, 1.165) is 0 Å². The Labute approximate surface area is 167 Å². The maximum absolute atomic E-state index is 13.1. The summed E-state index contributed by atoms with van der Waals surface area (Å²) in [6, 6.07) is 20.6. The maximum atomic E-state index is 13.1. The maximum Gasteiger partial charge on any atom is 0.279 e. The molecule has 7 nitrogen and oxygen atoms in total. The van der Waals surface area contributed by atoms with Crippen LogP contribution in [0.3, 0.4) is 0 Å². The minimum atomic E-state index is -0.804. The van der Waals surface area contributed by atoms with Crippen molar-refractivity contribution in [3.05, 3.63) is 102 Å². The number of nitrogens with two attached hydrogens (primary N) is 1. The van der Waals surface area contributed by atoms with Crippen LogP contribution in [0.5, 0.6) is 0 Å². The van der Waals surface area contributed by atoms with E-state index in [4.69, 9.17) is 5.73 Å². The number of hydrogen-bond acceptors (Lipinski definition) is 6. The molecular formula is C22H16N6O. The van der Waals surface area contributed by atoms with Gasteiger partial charge in [-0.05, 0) is 35.9 Å². The molecule has 0 saturated heterocycles. The summed E-state index contributed by atoms with van der Waals surface area (Å²) in [5.41, 5.74) is 8.63. The second-order valence-corrected chi connectivity index (χ2v) is 6.29. The van der Waals surface area contributed by atoms with Gasteiger partial charge in [0.2, 0.25) is 0 Å². The van der Waals surface area contributed by atoms with Gasteiger partial charge in [-0.1, -0.05) is 36.4 Å². The molecule has 4 aromatic rings. The summed E-state index contributed by atoms with van der Waals surface area (Å²) >= 11 is 0.